The Morgan fingerprint density at radius 3 is 2.12 bits per heavy atom. The predicted octanol–water partition coefficient (Wildman–Crippen LogP) is 1.29. The largest absolute Gasteiger partial charge is 0.401 e. The highest BCUT2D eigenvalue weighted by Crippen LogP contribution is 2.18. The molecule has 0 aromatic rings. The summed E-state index contributed by atoms with van der Waals surface area (Å²) in [6.45, 7) is 5.57. The van der Waals surface area contributed by atoms with Gasteiger partial charge >= 0.3 is 6.18 Å². The van der Waals surface area contributed by atoms with Crippen LogP contribution >= 0.6 is 0 Å². The lowest BCUT2D eigenvalue weighted by molar-refractivity contribution is -0.149. The van der Waals surface area contributed by atoms with E-state index in [9.17, 15) is 13.2 Å². The van der Waals surface area contributed by atoms with Gasteiger partial charge < -0.3 is 5.73 Å². The lowest BCUT2D eigenvalue weighted by Crippen LogP contribution is -2.55. The first-order chi connectivity index (χ1) is 7.83. The van der Waals surface area contributed by atoms with Crippen molar-refractivity contribution in [3.63, 3.8) is 0 Å². The maximum Gasteiger partial charge on any atom is 0.401 e. The maximum absolute atomic E-state index is 12.2. The maximum atomic E-state index is 12.2. The number of hydrogen-bond donors (Lipinski definition) is 1. The van der Waals surface area contributed by atoms with Crippen molar-refractivity contribution in [1.82, 2.24) is 9.80 Å². The summed E-state index contributed by atoms with van der Waals surface area (Å²) in [5.41, 5.74) is 5.95. The summed E-state index contributed by atoms with van der Waals surface area (Å²) in [4.78, 5) is 3.64. The average Bonchev–Trinajstić information content (AvgIpc) is 2.26. The summed E-state index contributed by atoms with van der Waals surface area (Å²) in [6, 6.07) is 0.345. The molecule has 2 N–H and O–H groups in total. The molecule has 0 aliphatic carbocycles. The lowest BCUT2D eigenvalue weighted by atomic mass is 10.1. The highest BCUT2D eigenvalue weighted by molar-refractivity contribution is 4.82. The molecule has 0 saturated carbocycles. The van der Waals surface area contributed by atoms with Crippen LogP contribution in [0.5, 0.6) is 0 Å². The molecular formula is C11H22F3N3. The molecule has 1 heterocycles. The van der Waals surface area contributed by atoms with Gasteiger partial charge in [0.2, 0.25) is 0 Å². The van der Waals surface area contributed by atoms with Crippen LogP contribution in [0.2, 0.25) is 0 Å². The van der Waals surface area contributed by atoms with Crippen molar-refractivity contribution >= 4 is 0 Å². The van der Waals surface area contributed by atoms with Crippen LogP contribution in [0.15, 0.2) is 0 Å². The molecule has 17 heavy (non-hydrogen) atoms. The third-order valence-electron chi connectivity index (χ3n) is 3.48. The Balaban J connectivity index is 2.35. The second-order valence-corrected chi connectivity index (χ2v) is 4.74. The van der Waals surface area contributed by atoms with Gasteiger partial charge in [0, 0.05) is 38.3 Å². The fourth-order valence-electron chi connectivity index (χ4n) is 2.19. The molecule has 1 aliphatic rings. The van der Waals surface area contributed by atoms with Crippen LogP contribution in [0.1, 0.15) is 20.3 Å². The van der Waals surface area contributed by atoms with Gasteiger partial charge in [-0.05, 0) is 13.3 Å². The van der Waals surface area contributed by atoms with Gasteiger partial charge in [0.25, 0.3) is 0 Å². The molecule has 0 bridgehead atoms. The quantitative estimate of drug-likeness (QED) is 0.819. The number of halogens is 3. The number of rotatable bonds is 4. The van der Waals surface area contributed by atoms with E-state index in [0.717, 1.165) is 6.42 Å². The van der Waals surface area contributed by atoms with Gasteiger partial charge in [0.15, 0.2) is 0 Å². The Morgan fingerprint density at radius 1 is 1.18 bits per heavy atom. The molecule has 0 spiro atoms. The Labute approximate surface area is 101 Å². The summed E-state index contributed by atoms with van der Waals surface area (Å²) in [7, 11) is 0. The van der Waals surface area contributed by atoms with Crippen LogP contribution in [0, 0.1) is 0 Å². The minimum Gasteiger partial charge on any atom is -0.326 e. The third-order valence-corrected chi connectivity index (χ3v) is 3.48. The van der Waals surface area contributed by atoms with Gasteiger partial charge in [0.05, 0.1) is 6.54 Å². The molecule has 0 aromatic heterocycles. The molecular weight excluding hydrogens is 231 g/mol. The zero-order chi connectivity index (χ0) is 13.1. The zero-order valence-corrected chi connectivity index (χ0v) is 10.5. The Bertz CT molecular complexity index is 224. The van der Waals surface area contributed by atoms with Crippen LogP contribution in [-0.2, 0) is 0 Å². The molecule has 0 radical (unpaired) electrons. The molecule has 3 nitrogen and oxygen atoms in total. The van der Waals surface area contributed by atoms with Gasteiger partial charge in [-0.25, -0.2) is 0 Å². The van der Waals surface area contributed by atoms with Gasteiger partial charge in [0.1, 0.15) is 0 Å². The predicted molar refractivity (Wildman–Crippen MR) is 61.8 cm³/mol. The monoisotopic (exact) mass is 253 g/mol. The molecule has 0 aromatic carbocycles. The van der Waals surface area contributed by atoms with Crippen molar-refractivity contribution in [2.45, 2.75) is 38.5 Å². The number of nitrogens with zero attached hydrogens (tertiary/aromatic N) is 2. The molecule has 1 rings (SSSR count). The molecule has 1 fully saturated rings. The van der Waals surface area contributed by atoms with Crippen molar-refractivity contribution in [2.24, 2.45) is 5.73 Å². The highest BCUT2D eigenvalue weighted by Gasteiger charge is 2.33. The van der Waals surface area contributed by atoms with Gasteiger partial charge in [-0.3, -0.25) is 9.80 Å². The molecule has 2 unspecified atom stereocenters. The Kier molecular flexibility index (Phi) is 5.22. The Hall–Kier alpha value is -0.330. The van der Waals surface area contributed by atoms with Gasteiger partial charge in [-0.2, -0.15) is 13.2 Å². The minimum absolute atomic E-state index is 0.101. The van der Waals surface area contributed by atoms with Crippen molar-refractivity contribution in [3.05, 3.63) is 0 Å². The van der Waals surface area contributed by atoms with Gasteiger partial charge in [-0.1, -0.05) is 6.92 Å². The fourth-order valence-corrected chi connectivity index (χ4v) is 2.19. The second kappa shape index (κ2) is 6.02. The van der Waals surface area contributed by atoms with Gasteiger partial charge in [-0.15, -0.1) is 0 Å². The van der Waals surface area contributed by atoms with Crippen molar-refractivity contribution in [1.29, 1.82) is 0 Å². The van der Waals surface area contributed by atoms with E-state index in [1.165, 1.54) is 4.90 Å². The number of alkyl halides is 3. The normalized spacial score (nSPS) is 23.6. The summed E-state index contributed by atoms with van der Waals surface area (Å²) in [5.74, 6) is 0. The van der Waals surface area contributed by atoms with E-state index in [0.29, 0.717) is 26.2 Å². The van der Waals surface area contributed by atoms with Crippen molar-refractivity contribution in [2.75, 3.05) is 32.7 Å². The number of piperazine rings is 1. The van der Waals surface area contributed by atoms with Crippen LogP contribution in [0.4, 0.5) is 13.2 Å². The minimum atomic E-state index is -4.09. The number of hydrogen-bond acceptors (Lipinski definition) is 3. The molecule has 102 valence electrons. The molecule has 2 atom stereocenters. The lowest BCUT2D eigenvalue weighted by Gasteiger charge is -2.40. The molecule has 1 saturated heterocycles. The van der Waals surface area contributed by atoms with Crippen LogP contribution in [-0.4, -0.2) is 60.8 Å². The first kappa shape index (κ1) is 14.7. The molecule has 6 heteroatoms. The standard InChI is InChI=1S/C11H22F3N3/c1-3-10(15)9(2)17-6-4-16(5-7-17)8-11(12,13)14/h9-10H,3-8,15H2,1-2H3. The number of nitrogens with two attached hydrogens (primary N) is 1. The van der Waals surface area contributed by atoms with Crippen LogP contribution < -0.4 is 5.73 Å². The zero-order valence-electron chi connectivity index (χ0n) is 10.5. The van der Waals surface area contributed by atoms with E-state index in [1.807, 2.05) is 13.8 Å². The molecule has 0 amide bonds. The average molecular weight is 253 g/mol. The molecule has 1 aliphatic heterocycles. The SMILES string of the molecule is CCC(N)C(C)N1CCN(CC(F)(F)F)CC1. The Morgan fingerprint density at radius 2 is 1.71 bits per heavy atom. The topological polar surface area (TPSA) is 32.5 Å². The van der Waals surface area contributed by atoms with Crippen LogP contribution in [0.25, 0.3) is 0 Å². The van der Waals surface area contributed by atoms with E-state index in [-0.39, 0.29) is 12.1 Å². The highest BCUT2D eigenvalue weighted by atomic mass is 19.4. The summed E-state index contributed by atoms with van der Waals surface area (Å²) < 4.78 is 36.6. The second-order valence-electron chi connectivity index (χ2n) is 4.74. The van der Waals surface area contributed by atoms with Crippen molar-refractivity contribution < 1.29 is 13.2 Å². The third kappa shape index (κ3) is 4.81. The van der Waals surface area contributed by atoms with E-state index in [1.54, 1.807) is 0 Å². The first-order valence-electron chi connectivity index (χ1n) is 6.12. The summed E-state index contributed by atoms with van der Waals surface area (Å²) >= 11 is 0. The van der Waals surface area contributed by atoms with Crippen molar-refractivity contribution in [3.8, 4) is 0 Å². The first-order valence-corrected chi connectivity index (χ1v) is 6.12. The summed E-state index contributed by atoms with van der Waals surface area (Å²) in [5, 5.41) is 0. The van der Waals surface area contributed by atoms with E-state index in [4.69, 9.17) is 5.73 Å². The smallest absolute Gasteiger partial charge is 0.326 e. The fraction of sp³-hybridized carbons (Fsp3) is 1.00. The summed E-state index contributed by atoms with van der Waals surface area (Å²) in [6.07, 6.45) is -3.20. The van der Waals surface area contributed by atoms with E-state index in [2.05, 4.69) is 4.90 Å². The van der Waals surface area contributed by atoms with E-state index < -0.39 is 12.7 Å². The van der Waals surface area contributed by atoms with E-state index >= 15 is 0 Å². The van der Waals surface area contributed by atoms with Crippen LogP contribution in [0.3, 0.4) is 0 Å².